The molecular formula is C10H22O2. The van der Waals surface area contributed by atoms with Crippen molar-refractivity contribution in [3.05, 3.63) is 0 Å². The molecule has 0 bridgehead atoms. The third-order valence-electron chi connectivity index (χ3n) is 2.28. The summed E-state index contributed by atoms with van der Waals surface area (Å²) in [6.07, 6.45) is 0.744. The van der Waals surface area contributed by atoms with Crippen molar-refractivity contribution in [2.45, 2.75) is 40.2 Å². The number of ether oxygens (including phenoxy) is 1. The average molecular weight is 174 g/mol. The molecule has 0 aliphatic rings. The normalized spacial score (nSPS) is 16.5. The second-order valence-corrected chi connectivity index (χ2v) is 3.63. The Morgan fingerprint density at radius 3 is 2.17 bits per heavy atom. The van der Waals surface area contributed by atoms with Gasteiger partial charge in [-0.25, -0.2) is 0 Å². The van der Waals surface area contributed by atoms with Gasteiger partial charge in [0.05, 0.1) is 6.10 Å². The van der Waals surface area contributed by atoms with Crippen LogP contribution >= 0.6 is 0 Å². The van der Waals surface area contributed by atoms with Gasteiger partial charge in [-0.05, 0) is 32.1 Å². The van der Waals surface area contributed by atoms with Crippen LogP contribution in [0.4, 0.5) is 0 Å². The van der Waals surface area contributed by atoms with Gasteiger partial charge in [0, 0.05) is 13.2 Å². The van der Waals surface area contributed by atoms with E-state index in [9.17, 15) is 5.11 Å². The molecule has 0 spiro atoms. The lowest BCUT2D eigenvalue weighted by molar-refractivity contribution is 0.0584. The minimum atomic E-state index is -0.217. The number of hydrogen-bond acceptors (Lipinski definition) is 2. The van der Waals surface area contributed by atoms with Gasteiger partial charge in [-0.1, -0.05) is 13.8 Å². The standard InChI is InChI=1S/C10H22O2/c1-5-12-7-6-10(8(2)3)9(4)11/h8-11H,5-7H2,1-4H3. The average Bonchev–Trinajstić information content (AvgIpc) is 1.96. The first-order valence-electron chi connectivity index (χ1n) is 4.85. The molecule has 0 saturated carbocycles. The van der Waals surface area contributed by atoms with Crippen LogP contribution in [0.3, 0.4) is 0 Å². The molecule has 0 radical (unpaired) electrons. The molecule has 0 amide bonds. The fourth-order valence-corrected chi connectivity index (χ4v) is 1.50. The van der Waals surface area contributed by atoms with E-state index in [-0.39, 0.29) is 6.10 Å². The number of hydrogen-bond donors (Lipinski definition) is 1. The molecule has 2 nitrogen and oxygen atoms in total. The van der Waals surface area contributed by atoms with Crippen LogP contribution in [-0.2, 0) is 4.74 Å². The van der Waals surface area contributed by atoms with Crippen molar-refractivity contribution in [3.8, 4) is 0 Å². The van der Waals surface area contributed by atoms with Crippen LogP contribution in [0.2, 0.25) is 0 Å². The highest BCUT2D eigenvalue weighted by Gasteiger charge is 2.18. The third-order valence-corrected chi connectivity index (χ3v) is 2.28. The molecule has 74 valence electrons. The van der Waals surface area contributed by atoms with Crippen LogP contribution in [0.1, 0.15) is 34.1 Å². The second kappa shape index (κ2) is 6.44. The van der Waals surface area contributed by atoms with Crippen molar-refractivity contribution in [1.29, 1.82) is 0 Å². The first-order chi connectivity index (χ1) is 5.59. The van der Waals surface area contributed by atoms with Crippen LogP contribution in [-0.4, -0.2) is 24.4 Å². The maximum Gasteiger partial charge on any atom is 0.0543 e. The summed E-state index contributed by atoms with van der Waals surface area (Å²) in [5, 5.41) is 9.43. The van der Waals surface area contributed by atoms with Crippen molar-refractivity contribution in [3.63, 3.8) is 0 Å². The van der Waals surface area contributed by atoms with Crippen LogP contribution in [0, 0.1) is 11.8 Å². The van der Waals surface area contributed by atoms with Crippen molar-refractivity contribution in [1.82, 2.24) is 0 Å². The van der Waals surface area contributed by atoms with E-state index < -0.39 is 0 Å². The van der Waals surface area contributed by atoms with E-state index in [0.717, 1.165) is 19.6 Å². The van der Waals surface area contributed by atoms with Gasteiger partial charge < -0.3 is 9.84 Å². The Kier molecular flexibility index (Phi) is 6.39. The van der Waals surface area contributed by atoms with Gasteiger partial charge in [-0.2, -0.15) is 0 Å². The first-order valence-corrected chi connectivity index (χ1v) is 4.85. The Balaban J connectivity index is 3.64. The van der Waals surface area contributed by atoms with Gasteiger partial charge in [0.15, 0.2) is 0 Å². The van der Waals surface area contributed by atoms with E-state index in [2.05, 4.69) is 13.8 Å². The molecule has 1 N–H and O–H groups in total. The van der Waals surface area contributed by atoms with Gasteiger partial charge in [0.1, 0.15) is 0 Å². The molecule has 0 rings (SSSR count). The summed E-state index contributed by atoms with van der Waals surface area (Å²) in [5.41, 5.74) is 0. The Bertz CT molecular complexity index is 92.0. The molecule has 0 aromatic heterocycles. The minimum absolute atomic E-state index is 0.217. The van der Waals surface area contributed by atoms with Gasteiger partial charge in [0.2, 0.25) is 0 Å². The lowest BCUT2D eigenvalue weighted by Gasteiger charge is -2.23. The second-order valence-electron chi connectivity index (χ2n) is 3.63. The number of rotatable bonds is 6. The van der Waals surface area contributed by atoms with E-state index in [4.69, 9.17) is 4.74 Å². The zero-order valence-corrected chi connectivity index (χ0v) is 8.71. The summed E-state index contributed by atoms with van der Waals surface area (Å²) in [4.78, 5) is 0. The van der Waals surface area contributed by atoms with E-state index in [0.29, 0.717) is 11.8 Å². The Morgan fingerprint density at radius 2 is 1.83 bits per heavy atom. The number of aliphatic hydroxyl groups is 1. The summed E-state index contributed by atoms with van der Waals surface area (Å²) in [6, 6.07) is 0. The molecule has 0 aromatic rings. The summed E-state index contributed by atoms with van der Waals surface area (Å²) in [6.45, 7) is 9.67. The fraction of sp³-hybridized carbons (Fsp3) is 1.00. The maximum atomic E-state index is 9.43. The molecule has 12 heavy (non-hydrogen) atoms. The Morgan fingerprint density at radius 1 is 1.25 bits per heavy atom. The molecule has 0 fully saturated rings. The fourth-order valence-electron chi connectivity index (χ4n) is 1.50. The molecule has 2 heteroatoms. The van der Waals surface area contributed by atoms with E-state index in [1.54, 1.807) is 0 Å². The summed E-state index contributed by atoms with van der Waals surface area (Å²) in [7, 11) is 0. The maximum absolute atomic E-state index is 9.43. The predicted molar refractivity (Wildman–Crippen MR) is 51.1 cm³/mol. The smallest absolute Gasteiger partial charge is 0.0543 e. The summed E-state index contributed by atoms with van der Waals surface area (Å²) in [5.74, 6) is 0.905. The minimum Gasteiger partial charge on any atom is -0.393 e. The van der Waals surface area contributed by atoms with Gasteiger partial charge in [-0.15, -0.1) is 0 Å². The van der Waals surface area contributed by atoms with Crippen molar-refractivity contribution < 1.29 is 9.84 Å². The predicted octanol–water partition coefficient (Wildman–Crippen LogP) is 2.07. The lowest BCUT2D eigenvalue weighted by Crippen LogP contribution is -2.23. The zero-order chi connectivity index (χ0) is 9.56. The lowest BCUT2D eigenvalue weighted by atomic mass is 9.88. The van der Waals surface area contributed by atoms with Crippen LogP contribution < -0.4 is 0 Å². The van der Waals surface area contributed by atoms with Gasteiger partial charge in [0.25, 0.3) is 0 Å². The molecule has 0 saturated heterocycles. The topological polar surface area (TPSA) is 29.5 Å². The monoisotopic (exact) mass is 174 g/mol. The Labute approximate surface area is 75.9 Å². The molecule has 0 heterocycles. The van der Waals surface area contributed by atoms with Crippen molar-refractivity contribution >= 4 is 0 Å². The summed E-state index contributed by atoms with van der Waals surface area (Å²) < 4.78 is 5.25. The molecule has 0 aromatic carbocycles. The number of aliphatic hydroxyl groups excluding tert-OH is 1. The van der Waals surface area contributed by atoms with Gasteiger partial charge >= 0.3 is 0 Å². The largest absolute Gasteiger partial charge is 0.393 e. The van der Waals surface area contributed by atoms with Gasteiger partial charge in [-0.3, -0.25) is 0 Å². The molecule has 2 unspecified atom stereocenters. The van der Waals surface area contributed by atoms with Crippen LogP contribution in [0.5, 0.6) is 0 Å². The quantitative estimate of drug-likeness (QED) is 0.625. The first kappa shape index (κ1) is 11.9. The SMILES string of the molecule is CCOCCC(C(C)C)C(C)O. The van der Waals surface area contributed by atoms with Crippen LogP contribution in [0.25, 0.3) is 0 Å². The highest BCUT2D eigenvalue weighted by Crippen LogP contribution is 2.19. The molecule has 0 aliphatic carbocycles. The highest BCUT2D eigenvalue weighted by atomic mass is 16.5. The summed E-state index contributed by atoms with van der Waals surface area (Å²) >= 11 is 0. The van der Waals surface area contributed by atoms with E-state index >= 15 is 0 Å². The molecular weight excluding hydrogens is 152 g/mol. The van der Waals surface area contributed by atoms with E-state index in [1.807, 2.05) is 13.8 Å². The molecule has 0 aliphatic heterocycles. The van der Waals surface area contributed by atoms with Crippen molar-refractivity contribution in [2.75, 3.05) is 13.2 Å². The molecule has 2 atom stereocenters. The highest BCUT2D eigenvalue weighted by molar-refractivity contribution is 4.67. The van der Waals surface area contributed by atoms with Crippen molar-refractivity contribution in [2.24, 2.45) is 11.8 Å². The van der Waals surface area contributed by atoms with Crippen LogP contribution in [0.15, 0.2) is 0 Å². The van der Waals surface area contributed by atoms with E-state index in [1.165, 1.54) is 0 Å². The Hall–Kier alpha value is -0.0800. The zero-order valence-electron chi connectivity index (χ0n) is 8.71. The third kappa shape index (κ3) is 4.73.